The molecule has 3 heterocycles. The van der Waals surface area contributed by atoms with Crippen LogP contribution in [-0.2, 0) is 4.74 Å². The normalized spacial score (nSPS) is 24.8. The fourth-order valence-electron chi connectivity index (χ4n) is 4.27. The first-order valence-corrected chi connectivity index (χ1v) is 10.1. The van der Waals surface area contributed by atoms with E-state index in [1.165, 1.54) is 6.07 Å². The summed E-state index contributed by atoms with van der Waals surface area (Å²) in [7, 11) is 0. The Labute approximate surface area is 169 Å². The number of aromatic nitrogens is 1. The summed E-state index contributed by atoms with van der Waals surface area (Å²) in [5.74, 6) is 0.367. The summed E-state index contributed by atoms with van der Waals surface area (Å²) < 4.78 is 25.7. The van der Waals surface area contributed by atoms with Crippen LogP contribution < -0.4 is 10.2 Å². The van der Waals surface area contributed by atoms with Gasteiger partial charge in [0.15, 0.2) is 0 Å². The number of likely N-dealkylation sites (tertiary alicyclic amines) is 1. The molecule has 3 atom stereocenters. The minimum atomic E-state index is -0.353. The number of nitrogens with zero attached hydrogens (tertiary/aromatic N) is 3. The van der Waals surface area contributed by atoms with E-state index in [1.807, 2.05) is 31.7 Å². The minimum absolute atomic E-state index is 0.0461. The molecule has 0 bridgehead atoms. The summed E-state index contributed by atoms with van der Waals surface area (Å²) in [4.78, 5) is 16.5. The number of morpholine rings is 1. The Kier molecular flexibility index (Phi) is 5.45. The van der Waals surface area contributed by atoms with Gasteiger partial charge in [0.25, 0.3) is 0 Å². The molecule has 7 nitrogen and oxygen atoms in total. The number of amides is 2. The largest absolute Gasteiger partial charge is 0.372 e. The predicted octanol–water partition coefficient (Wildman–Crippen LogP) is 4.10. The Bertz CT molecular complexity index is 877. The smallest absolute Gasteiger partial charge is 0.322 e. The number of benzene rings is 1. The van der Waals surface area contributed by atoms with Crippen molar-refractivity contribution in [2.75, 3.05) is 29.9 Å². The lowest BCUT2D eigenvalue weighted by Gasteiger charge is -2.37. The van der Waals surface area contributed by atoms with Gasteiger partial charge in [0, 0.05) is 31.4 Å². The molecule has 2 aromatic rings. The summed E-state index contributed by atoms with van der Waals surface area (Å²) in [6.45, 7) is 7.71. The second-order valence-electron chi connectivity index (χ2n) is 7.97. The van der Waals surface area contributed by atoms with Gasteiger partial charge in [-0.25, -0.2) is 9.18 Å². The maximum absolute atomic E-state index is 14.8. The molecular weight excluding hydrogens is 375 g/mol. The number of nitrogens with one attached hydrogen (secondary N) is 1. The van der Waals surface area contributed by atoms with E-state index in [0.717, 1.165) is 24.3 Å². The van der Waals surface area contributed by atoms with Crippen molar-refractivity contribution in [1.29, 1.82) is 0 Å². The van der Waals surface area contributed by atoms with Gasteiger partial charge < -0.3 is 24.4 Å². The second-order valence-corrected chi connectivity index (χ2v) is 7.97. The van der Waals surface area contributed by atoms with Gasteiger partial charge in [-0.2, -0.15) is 0 Å². The highest BCUT2D eigenvalue weighted by Gasteiger charge is 2.32. The molecule has 0 spiro atoms. The highest BCUT2D eigenvalue weighted by Crippen LogP contribution is 2.32. The molecule has 0 saturated carbocycles. The summed E-state index contributed by atoms with van der Waals surface area (Å²) in [6, 6.07) is 6.32. The SMILES string of the molecule is Cc1cc([C@@H]2CCCN2C(=O)Nc2ccc(N3C[C@@H](C)O[C@H](C)C3)c(F)c2)no1. The molecule has 2 amide bonds. The van der Waals surface area contributed by atoms with Crippen molar-refractivity contribution in [2.24, 2.45) is 0 Å². The van der Waals surface area contributed by atoms with Gasteiger partial charge in [-0.3, -0.25) is 0 Å². The number of anilines is 2. The average molecular weight is 402 g/mol. The van der Waals surface area contributed by atoms with Crippen LogP contribution in [0.4, 0.5) is 20.6 Å². The fourth-order valence-corrected chi connectivity index (χ4v) is 4.27. The van der Waals surface area contributed by atoms with Gasteiger partial charge in [0.2, 0.25) is 0 Å². The third-order valence-corrected chi connectivity index (χ3v) is 5.46. The maximum atomic E-state index is 14.8. The maximum Gasteiger partial charge on any atom is 0.322 e. The summed E-state index contributed by atoms with van der Waals surface area (Å²) >= 11 is 0. The van der Waals surface area contributed by atoms with Gasteiger partial charge in [-0.15, -0.1) is 0 Å². The molecule has 156 valence electrons. The van der Waals surface area contributed by atoms with Crippen LogP contribution in [0.25, 0.3) is 0 Å². The lowest BCUT2D eigenvalue weighted by Crippen LogP contribution is -2.45. The van der Waals surface area contributed by atoms with Crippen LogP contribution >= 0.6 is 0 Å². The molecule has 2 aliphatic heterocycles. The molecule has 4 rings (SSSR count). The van der Waals surface area contributed by atoms with E-state index >= 15 is 0 Å². The third kappa shape index (κ3) is 4.22. The van der Waals surface area contributed by atoms with Gasteiger partial charge in [0.1, 0.15) is 17.3 Å². The number of aryl methyl sites for hydroxylation is 1. The van der Waals surface area contributed by atoms with Crippen molar-refractivity contribution in [1.82, 2.24) is 10.1 Å². The molecular formula is C21H27FN4O3. The molecule has 1 aromatic heterocycles. The lowest BCUT2D eigenvalue weighted by atomic mass is 10.1. The average Bonchev–Trinajstić information content (AvgIpc) is 3.29. The number of halogens is 1. The summed E-state index contributed by atoms with van der Waals surface area (Å²) in [6.07, 6.45) is 1.82. The molecule has 1 aromatic carbocycles. The number of carbonyl (C=O) groups is 1. The lowest BCUT2D eigenvalue weighted by molar-refractivity contribution is -0.00539. The number of hydrogen-bond acceptors (Lipinski definition) is 5. The fraction of sp³-hybridized carbons (Fsp3) is 0.524. The van der Waals surface area contributed by atoms with Crippen molar-refractivity contribution >= 4 is 17.4 Å². The molecule has 0 radical (unpaired) electrons. The van der Waals surface area contributed by atoms with Gasteiger partial charge in [0.05, 0.1) is 23.9 Å². The topological polar surface area (TPSA) is 70.8 Å². The van der Waals surface area contributed by atoms with Crippen LogP contribution in [0.5, 0.6) is 0 Å². The van der Waals surface area contributed by atoms with Crippen LogP contribution in [-0.4, -0.2) is 47.9 Å². The Morgan fingerprint density at radius 2 is 2.00 bits per heavy atom. The molecule has 8 heteroatoms. The standard InChI is InChI=1S/C21H27FN4O3/c1-13-9-18(24-29-13)20-5-4-8-26(20)21(27)23-16-6-7-19(17(22)10-16)25-11-14(2)28-15(3)12-25/h6-7,9-10,14-15,20H,4-5,8,11-12H2,1-3H3,(H,23,27)/t14-,15-,20+/m1/s1. The summed E-state index contributed by atoms with van der Waals surface area (Å²) in [5.41, 5.74) is 1.72. The highest BCUT2D eigenvalue weighted by molar-refractivity contribution is 5.90. The van der Waals surface area contributed by atoms with Crippen molar-refractivity contribution in [2.45, 2.75) is 51.9 Å². The molecule has 29 heavy (non-hydrogen) atoms. The van der Waals surface area contributed by atoms with Crippen LogP contribution in [0, 0.1) is 12.7 Å². The molecule has 2 aliphatic rings. The van der Waals surface area contributed by atoms with Crippen molar-refractivity contribution < 1.29 is 18.4 Å². The quantitative estimate of drug-likeness (QED) is 0.837. The first-order chi connectivity index (χ1) is 13.9. The van der Waals surface area contributed by atoms with Crippen LogP contribution in [0.15, 0.2) is 28.8 Å². The van der Waals surface area contributed by atoms with Gasteiger partial charge >= 0.3 is 6.03 Å². The molecule has 2 fully saturated rings. The first kappa shape index (κ1) is 19.7. The van der Waals surface area contributed by atoms with Crippen LogP contribution in [0.2, 0.25) is 0 Å². The second kappa shape index (κ2) is 8.02. The first-order valence-electron chi connectivity index (χ1n) is 10.1. The Morgan fingerprint density at radius 3 is 2.66 bits per heavy atom. The van der Waals surface area contributed by atoms with E-state index in [0.29, 0.717) is 31.0 Å². The van der Waals surface area contributed by atoms with E-state index in [2.05, 4.69) is 10.5 Å². The van der Waals surface area contributed by atoms with Crippen molar-refractivity contribution in [3.05, 3.63) is 41.5 Å². The van der Waals surface area contributed by atoms with E-state index in [9.17, 15) is 9.18 Å². The molecule has 0 unspecified atom stereocenters. The number of urea groups is 1. The molecule has 1 N–H and O–H groups in total. The zero-order chi connectivity index (χ0) is 20.5. The van der Waals surface area contributed by atoms with E-state index in [1.54, 1.807) is 17.0 Å². The zero-order valence-electron chi connectivity index (χ0n) is 17.0. The van der Waals surface area contributed by atoms with E-state index in [4.69, 9.17) is 9.26 Å². The number of hydrogen-bond donors (Lipinski definition) is 1. The van der Waals surface area contributed by atoms with Gasteiger partial charge in [-0.05, 0) is 51.8 Å². The van der Waals surface area contributed by atoms with Crippen molar-refractivity contribution in [3.8, 4) is 0 Å². The Balaban J connectivity index is 1.45. The summed E-state index contributed by atoms with van der Waals surface area (Å²) in [5, 5.41) is 6.88. The number of ether oxygens (including phenoxy) is 1. The number of rotatable bonds is 3. The minimum Gasteiger partial charge on any atom is -0.372 e. The third-order valence-electron chi connectivity index (χ3n) is 5.46. The van der Waals surface area contributed by atoms with Crippen molar-refractivity contribution in [3.63, 3.8) is 0 Å². The molecule has 2 saturated heterocycles. The van der Waals surface area contributed by atoms with E-state index in [-0.39, 0.29) is 30.1 Å². The Hall–Kier alpha value is -2.61. The van der Waals surface area contributed by atoms with Gasteiger partial charge in [-0.1, -0.05) is 5.16 Å². The predicted molar refractivity (Wildman–Crippen MR) is 108 cm³/mol. The Morgan fingerprint density at radius 1 is 1.24 bits per heavy atom. The number of carbonyl (C=O) groups excluding carboxylic acids is 1. The molecule has 0 aliphatic carbocycles. The van der Waals surface area contributed by atoms with Crippen LogP contribution in [0.1, 0.15) is 44.2 Å². The van der Waals surface area contributed by atoms with E-state index < -0.39 is 0 Å². The van der Waals surface area contributed by atoms with Crippen LogP contribution in [0.3, 0.4) is 0 Å². The monoisotopic (exact) mass is 402 g/mol. The highest BCUT2D eigenvalue weighted by atomic mass is 19.1. The zero-order valence-corrected chi connectivity index (χ0v) is 17.0.